The number of para-hydroxylation sites is 1. The summed E-state index contributed by atoms with van der Waals surface area (Å²) >= 11 is 4.70. The molecule has 6 nitrogen and oxygen atoms in total. The Morgan fingerprint density at radius 3 is 2.34 bits per heavy atom. The number of carbonyl (C=O) groups is 2. The highest BCUT2D eigenvalue weighted by atomic mass is 79.9. The van der Waals surface area contributed by atoms with Crippen molar-refractivity contribution in [2.45, 2.75) is 0 Å². The zero-order valence-electron chi connectivity index (χ0n) is 15.0. The van der Waals surface area contributed by atoms with Crippen molar-refractivity contribution >= 4 is 50.6 Å². The molecule has 2 amide bonds. The molecule has 4 aromatic rings. The number of nitrogens with one attached hydrogen (secondary N) is 2. The summed E-state index contributed by atoms with van der Waals surface area (Å²) in [5.41, 5.74) is 1.64. The van der Waals surface area contributed by atoms with Gasteiger partial charge in [0.15, 0.2) is 0 Å². The first-order chi connectivity index (χ1) is 14.1. The third-order valence-corrected chi connectivity index (χ3v) is 5.49. The lowest BCUT2D eigenvalue weighted by molar-refractivity contribution is 0.102. The minimum Gasteiger partial charge on any atom is -0.322 e. The molecular weight excluding hydrogens is 452 g/mol. The van der Waals surface area contributed by atoms with Gasteiger partial charge in [0.2, 0.25) is 0 Å². The van der Waals surface area contributed by atoms with Gasteiger partial charge in [-0.2, -0.15) is 5.10 Å². The molecule has 0 aliphatic heterocycles. The van der Waals surface area contributed by atoms with Gasteiger partial charge in [0.05, 0.1) is 16.8 Å². The zero-order valence-corrected chi connectivity index (χ0v) is 17.4. The van der Waals surface area contributed by atoms with Gasteiger partial charge < -0.3 is 10.6 Å². The Labute approximate surface area is 179 Å². The Balaban J connectivity index is 1.69. The Morgan fingerprint density at radius 1 is 0.897 bits per heavy atom. The molecule has 0 fully saturated rings. The van der Waals surface area contributed by atoms with Crippen LogP contribution in [0.1, 0.15) is 20.0 Å². The summed E-state index contributed by atoms with van der Waals surface area (Å²) in [5.74, 6) is -0.351. The highest BCUT2D eigenvalue weighted by molar-refractivity contribution is 9.10. The predicted molar refractivity (Wildman–Crippen MR) is 118 cm³/mol. The third-order valence-electron chi connectivity index (χ3n) is 4.09. The van der Waals surface area contributed by atoms with E-state index in [1.54, 1.807) is 28.9 Å². The van der Waals surface area contributed by atoms with E-state index >= 15 is 0 Å². The molecule has 0 aliphatic carbocycles. The summed E-state index contributed by atoms with van der Waals surface area (Å²) in [6, 6.07) is 20.1. The number of thiophene rings is 1. The van der Waals surface area contributed by atoms with Crippen LogP contribution in [-0.2, 0) is 0 Å². The van der Waals surface area contributed by atoms with Crippen LogP contribution in [0.2, 0.25) is 0 Å². The molecule has 4 rings (SSSR count). The lowest BCUT2D eigenvalue weighted by atomic mass is 10.2. The summed E-state index contributed by atoms with van der Waals surface area (Å²) in [5, 5.41) is 11.8. The quantitative estimate of drug-likeness (QED) is 0.424. The van der Waals surface area contributed by atoms with E-state index in [0.29, 0.717) is 16.4 Å². The van der Waals surface area contributed by atoms with Crippen molar-refractivity contribution in [3.8, 4) is 5.69 Å². The predicted octanol–water partition coefficient (Wildman–Crippen LogP) is 5.20. The molecule has 8 heteroatoms. The van der Waals surface area contributed by atoms with Crippen LogP contribution in [0.15, 0.2) is 82.8 Å². The molecule has 2 aromatic heterocycles. The van der Waals surface area contributed by atoms with E-state index in [9.17, 15) is 9.59 Å². The summed E-state index contributed by atoms with van der Waals surface area (Å²) in [7, 11) is 0. The monoisotopic (exact) mass is 466 g/mol. The molecule has 0 saturated heterocycles. The molecule has 2 heterocycles. The van der Waals surface area contributed by atoms with Crippen LogP contribution < -0.4 is 10.6 Å². The number of anilines is 2. The second-order valence-electron chi connectivity index (χ2n) is 6.05. The van der Waals surface area contributed by atoms with Crippen molar-refractivity contribution in [3.63, 3.8) is 0 Å². The zero-order chi connectivity index (χ0) is 20.2. The van der Waals surface area contributed by atoms with Crippen molar-refractivity contribution < 1.29 is 9.59 Å². The van der Waals surface area contributed by atoms with E-state index in [2.05, 4.69) is 31.7 Å². The first-order valence-corrected chi connectivity index (χ1v) is 10.3. The lowest BCUT2D eigenvalue weighted by Gasteiger charge is -2.11. The first-order valence-electron chi connectivity index (χ1n) is 8.67. The van der Waals surface area contributed by atoms with E-state index in [-0.39, 0.29) is 17.4 Å². The van der Waals surface area contributed by atoms with E-state index in [4.69, 9.17) is 0 Å². The molecule has 2 aromatic carbocycles. The van der Waals surface area contributed by atoms with Crippen LogP contribution in [0, 0.1) is 0 Å². The molecule has 0 unspecified atom stereocenters. The van der Waals surface area contributed by atoms with Gasteiger partial charge in [-0.3, -0.25) is 9.59 Å². The second-order valence-corrected chi connectivity index (χ2v) is 7.91. The van der Waals surface area contributed by atoms with Gasteiger partial charge in [0.1, 0.15) is 11.4 Å². The van der Waals surface area contributed by atoms with Gasteiger partial charge in [-0.25, -0.2) is 4.68 Å². The molecule has 0 bridgehead atoms. The molecule has 0 aliphatic rings. The molecular formula is C21H15BrN4O2S. The number of hydrogen-bond acceptors (Lipinski definition) is 4. The van der Waals surface area contributed by atoms with Crippen LogP contribution in [0.3, 0.4) is 0 Å². The maximum atomic E-state index is 12.9. The Hall–Kier alpha value is -3.23. The summed E-state index contributed by atoms with van der Waals surface area (Å²) < 4.78 is 2.46. The molecule has 0 saturated carbocycles. The minimum absolute atomic E-state index is 0.265. The van der Waals surface area contributed by atoms with Gasteiger partial charge in [0, 0.05) is 10.2 Å². The highest BCUT2D eigenvalue weighted by Gasteiger charge is 2.21. The smallest absolute Gasteiger partial charge is 0.266 e. The summed E-state index contributed by atoms with van der Waals surface area (Å²) in [6.45, 7) is 0. The molecule has 0 spiro atoms. The first kappa shape index (κ1) is 19.1. The normalized spacial score (nSPS) is 10.5. The SMILES string of the molecule is O=C(Nc1c(C(=O)Nc2ccc(Br)cc2)cnn1-c1ccccc1)c1cccs1. The molecule has 144 valence electrons. The molecule has 0 radical (unpaired) electrons. The number of halogens is 1. The number of amides is 2. The van der Waals surface area contributed by atoms with Crippen LogP contribution in [0.25, 0.3) is 5.69 Å². The maximum absolute atomic E-state index is 12.9. The standard InChI is InChI=1S/C21H15BrN4O2S/c22-14-8-10-15(11-9-14)24-20(27)17-13-23-26(16-5-2-1-3-6-16)19(17)25-21(28)18-7-4-12-29-18/h1-13H,(H,24,27)(H,25,28). The molecule has 29 heavy (non-hydrogen) atoms. The molecule has 0 atom stereocenters. The topological polar surface area (TPSA) is 76.0 Å². The van der Waals surface area contributed by atoms with Gasteiger partial charge >= 0.3 is 0 Å². The molecule has 2 N–H and O–H groups in total. The van der Waals surface area contributed by atoms with Gasteiger partial charge in [-0.1, -0.05) is 40.2 Å². The van der Waals surface area contributed by atoms with Crippen molar-refractivity contribution in [1.82, 2.24) is 9.78 Å². The van der Waals surface area contributed by atoms with E-state index in [1.165, 1.54) is 17.5 Å². The number of carbonyl (C=O) groups excluding carboxylic acids is 2. The minimum atomic E-state index is -0.365. The Kier molecular flexibility index (Phi) is 5.55. The van der Waals surface area contributed by atoms with Gasteiger partial charge in [0.25, 0.3) is 11.8 Å². The highest BCUT2D eigenvalue weighted by Crippen LogP contribution is 2.23. The van der Waals surface area contributed by atoms with E-state index in [1.807, 2.05) is 47.8 Å². The van der Waals surface area contributed by atoms with Crippen LogP contribution in [0.5, 0.6) is 0 Å². The fraction of sp³-hybridized carbons (Fsp3) is 0. The van der Waals surface area contributed by atoms with Crippen LogP contribution >= 0.6 is 27.3 Å². The largest absolute Gasteiger partial charge is 0.322 e. The summed E-state index contributed by atoms with van der Waals surface area (Å²) in [6.07, 6.45) is 1.45. The van der Waals surface area contributed by atoms with E-state index < -0.39 is 0 Å². The number of aromatic nitrogens is 2. The van der Waals surface area contributed by atoms with E-state index in [0.717, 1.165) is 10.2 Å². The fourth-order valence-corrected chi connectivity index (χ4v) is 3.59. The van der Waals surface area contributed by atoms with Crippen molar-refractivity contribution in [2.24, 2.45) is 0 Å². The number of rotatable bonds is 5. The van der Waals surface area contributed by atoms with Gasteiger partial charge in [-0.05, 0) is 47.8 Å². The fourth-order valence-electron chi connectivity index (χ4n) is 2.71. The second kappa shape index (κ2) is 8.42. The average molecular weight is 467 g/mol. The Bertz CT molecular complexity index is 1140. The number of nitrogens with zero attached hydrogens (tertiary/aromatic N) is 2. The Morgan fingerprint density at radius 2 is 1.66 bits per heavy atom. The van der Waals surface area contributed by atoms with Gasteiger partial charge in [-0.15, -0.1) is 11.3 Å². The summed E-state index contributed by atoms with van der Waals surface area (Å²) in [4.78, 5) is 26.1. The van der Waals surface area contributed by atoms with Crippen LogP contribution in [-0.4, -0.2) is 21.6 Å². The van der Waals surface area contributed by atoms with Crippen molar-refractivity contribution in [3.05, 3.63) is 93.2 Å². The van der Waals surface area contributed by atoms with Crippen molar-refractivity contribution in [2.75, 3.05) is 10.6 Å². The average Bonchev–Trinajstić information content (AvgIpc) is 3.41. The number of hydrogen-bond donors (Lipinski definition) is 2. The van der Waals surface area contributed by atoms with Crippen LogP contribution in [0.4, 0.5) is 11.5 Å². The lowest BCUT2D eigenvalue weighted by Crippen LogP contribution is -2.19. The maximum Gasteiger partial charge on any atom is 0.266 e. The van der Waals surface area contributed by atoms with Crippen molar-refractivity contribution in [1.29, 1.82) is 0 Å². The third kappa shape index (κ3) is 4.28. The number of benzene rings is 2.